The summed E-state index contributed by atoms with van der Waals surface area (Å²) in [4.78, 5) is 9.05. The van der Waals surface area contributed by atoms with Gasteiger partial charge in [0.05, 0.1) is 6.04 Å². The van der Waals surface area contributed by atoms with Gasteiger partial charge in [-0.3, -0.25) is 4.90 Å². The van der Waals surface area contributed by atoms with Crippen molar-refractivity contribution < 1.29 is 9.50 Å². The number of rotatable bonds is 6. The lowest BCUT2D eigenvalue weighted by atomic mass is 9.24. The predicted octanol–water partition coefficient (Wildman–Crippen LogP) is 5.45. The van der Waals surface area contributed by atoms with Crippen LogP contribution < -0.4 is 5.32 Å². The second-order valence-electron chi connectivity index (χ2n) is 14.1. The molecule has 0 amide bonds. The maximum atomic E-state index is 16.7. The first-order chi connectivity index (χ1) is 18.8. The van der Waals surface area contributed by atoms with Crippen molar-refractivity contribution in [3.63, 3.8) is 0 Å². The van der Waals surface area contributed by atoms with Crippen molar-refractivity contribution in [2.75, 3.05) is 26.2 Å². The number of para-hydroxylation sites is 1. The Hall–Kier alpha value is -2.15. The summed E-state index contributed by atoms with van der Waals surface area (Å²) in [5.74, 6) is 0.0242. The molecule has 2 aromatic rings. The van der Waals surface area contributed by atoms with E-state index < -0.39 is 0 Å². The quantitative estimate of drug-likeness (QED) is 0.465. The number of aromatic nitrogens is 1. The zero-order valence-corrected chi connectivity index (χ0v) is 23.6. The molecule has 3 unspecified atom stereocenters. The monoisotopic (exact) mass is 530 g/mol. The Bertz CT molecular complexity index is 1390. The van der Waals surface area contributed by atoms with Crippen molar-refractivity contribution in [2.24, 2.45) is 22.7 Å². The van der Waals surface area contributed by atoms with Gasteiger partial charge in [-0.1, -0.05) is 44.5 Å². The number of fused-ring (bicyclic) bond motifs is 7. The maximum absolute atomic E-state index is 16.7. The van der Waals surface area contributed by atoms with Crippen LogP contribution in [0.3, 0.4) is 0 Å². The number of hydrogen-bond donors (Lipinski definition) is 3. The fourth-order valence-electron chi connectivity index (χ4n) is 10.8. The minimum Gasteiger partial charge on any atom is -0.396 e. The molecule has 2 saturated heterocycles. The standard InChI is InChI=1S/C33H43FN4O/c1-4-5-11-37-12-10-21(16-37)35-22-14-25(34)27-29-28-24(23-8-6-7-9-26(23)36-28)13-20(2)38(29)33-17-32(18-33,19-39)30(33)31(27,3)15-22/h6-9,14-15,20-21,27,29-30,35-36,39H,4-5,10-13,16-19H2,1-3H3/t20-,21-,27?,29-,30?,31?,32?,33?/m0/s1. The Morgan fingerprint density at radius 3 is 2.85 bits per heavy atom. The van der Waals surface area contributed by atoms with Gasteiger partial charge in [0.1, 0.15) is 5.83 Å². The van der Waals surface area contributed by atoms with Crippen LogP contribution in [0.5, 0.6) is 0 Å². The molecule has 208 valence electrons. The summed E-state index contributed by atoms with van der Waals surface area (Å²) in [5, 5.41) is 15.7. The van der Waals surface area contributed by atoms with E-state index >= 15 is 4.39 Å². The Balaban J connectivity index is 1.20. The highest BCUT2D eigenvalue weighted by Gasteiger charge is 2.85. The first-order valence-corrected chi connectivity index (χ1v) is 15.4. The summed E-state index contributed by atoms with van der Waals surface area (Å²) in [7, 11) is 0. The first kappa shape index (κ1) is 24.6. The molecule has 2 bridgehead atoms. The van der Waals surface area contributed by atoms with Crippen LogP contribution in [0.2, 0.25) is 0 Å². The van der Waals surface area contributed by atoms with Crippen molar-refractivity contribution in [3.8, 4) is 0 Å². The lowest BCUT2D eigenvalue weighted by molar-refractivity contribution is -0.375. The molecule has 9 rings (SSSR count). The average molecular weight is 531 g/mol. The van der Waals surface area contributed by atoms with E-state index in [9.17, 15) is 5.11 Å². The minimum absolute atomic E-state index is 0.00582. The molecular formula is C33H43FN4O. The van der Waals surface area contributed by atoms with E-state index in [1.165, 1.54) is 29.5 Å². The van der Waals surface area contributed by atoms with Crippen LogP contribution in [-0.4, -0.2) is 63.8 Å². The highest BCUT2D eigenvalue weighted by Crippen LogP contribution is 2.84. The summed E-state index contributed by atoms with van der Waals surface area (Å²) >= 11 is 0. The van der Waals surface area contributed by atoms with E-state index in [0.29, 0.717) is 12.1 Å². The fraction of sp³-hybridized carbons (Fsp3) is 0.636. The lowest BCUT2D eigenvalue weighted by Gasteiger charge is -2.87. The Labute approximate surface area is 231 Å². The Morgan fingerprint density at radius 2 is 2.05 bits per heavy atom. The number of halogens is 1. The molecule has 3 saturated carbocycles. The number of H-pyrrole nitrogens is 1. The summed E-state index contributed by atoms with van der Waals surface area (Å²) in [6, 6.07) is 9.29. The van der Waals surface area contributed by atoms with E-state index in [1.807, 2.05) is 6.08 Å². The van der Waals surface area contributed by atoms with Crippen LogP contribution in [0.1, 0.15) is 70.2 Å². The fourth-order valence-corrected chi connectivity index (χ4v) is 10.8. The van der Waals surface area contributed by atoms with Crippen LogP contribution in [-0.2, 0) is 6.42 Å². The summed E-state index contributed by atoms with van der Waals surface area (Å²) in [5.41, 5.74) is 4.35. The number of hydrogen-bond acceptors (Lipinski definition) is 4. The van der Waals surface area contributed by atoms with Gasteiger partial charge in [-0.25, -0.2) is 4.39 Å². The molecule has 1 aromatic heterocycles. The number of nitrogens with one attached hydrogen (secondary N) is 2. The van der Waals surface area contributed by atoms with Crippen molar-refractivity contribution in [3.05, 3.63) is 59.2 Å². The molecule has 3 N–H and O–H groups in total. The van der Waals surface area contributed by atoms with Crippen molar-refractivity contribution in [1.29, 1.82) is 0 Å². The summed E-state index contributed by atoms with van der Waals surface area (Å²) in [6.45, 7) is 10.4. The van der Waals surface area contributed by atoms with Crippen molar-refractivity contribution in [2.45, 2.75) is 83.0 Å². The highest BCUT2D eigenvalue weighted by molar-refractivity contribution is 5.85. The van der Waals surface area contributed by atoms with Gasteiger partial charge in [0, 0.05) is 76.4 Å². The summed E-state index contributed by atoms with van der Waals surface area (Å²) < 4.78 is 16.7. The largest absolute Gasteiger partial charge is 0.396 e. The van der Waals surface area contributed by atoms with E-state index in [2.05, 4.69) is 71.2 Å². The van der Waals surface area contributed by atoms with Gasteiger partial charge < -0.3 is 20.3 Å². The molecule has 1 spiro atoms. The average Bonchev–Trinajstić information content (AvgIpc) is 3.46. The zero-order valence-electron chi connectivity index (χ0n) is 23.6. The number of unbranched alkanes of at least 4 members (excludes halogenated alkanes) is 1. The number of aromatic amines is 1. The van der Waals surface area contributed by atoms with Crippen LogP contribution in [0, 0.1) is 22.7 Å². The van der Waals surface area contributed by atoms with Gasteiger partial charge in [-0.2, -0.15) is 0 Å². The lowest BCUT2D eigenvalue weighted by Crippen LogP contribution is -2.90. The van der Waals surface area contributed by atoms with Gasteiger partial charge in [-0.15, -0.1) is 0 Å². The number of aliphatic hydroxyl groups excluding tert-OH is 1. The Morgan fingerprint density at radius 1 is 1.23 bits per heavy atom. The molecule has 3 aliphatic heterocycles. The molecule has 6 atom stereocenters. The molecule has 6 heteroatoms. The number of benzene rings is 1. The van der Waals surface area contributed by atoms with E-state index in [0.717, 1.165) is 56.5 Å². The van der Waals surface area contributed by atoms with Gasteiger partial charge >= 0.3 is 0 Å². The number of piperidine rings is 1. The van der Waals surface area contributed by atoms with Gasteiger partial charge in [-0.05, 0) is 69.2 Å². The van der Waals surface area contributed by atoms with Crippen LogP contribution in [0.25, 0.3) is 10.9 Å². The van der Waals surface area contributed by atoms with Crippen molar-refractivity contribution >= 4 is 10.9 Å². The molecule has 4 heterocycles. The Kier molecular flexibility index (Phi) is 5.18. The molecule has 39 heavy (non-hydrogen) atoms. The van der Waals surface area contributed by atoms with E-state index in [-0.39, 0.29) is 46.7 Å². The van der Waals surface area contributed by atoms with Gasteiger partial charge in [0.2, 0.25) is 0 Å². The smallest absolute Gasteiger partial charge is 0.108 e. The molecule has 1 aromatic carbocycles. The van der Waals surface area contributed by atoms with E-state index in [1.54, 1.807) is 0 Å². The number of allylic oxidation sites excluding steroid dienone is 2. The highest BCUT2D eigenvalue weighted by atomic mass is 19.1. The topological polar surface area (TPSA) is 54.5 Å². The number of nitrogens with zero attached hydrogens (tertiary/aromatic N) is 2. The SMILES string of the molecule is CCCCN1CC[C@H](NC2=CC3(C)C(C(F)=C2)[C@H]2c4[nH]c5ccccc5c4C[C@H](C)N2C24CC(CO)(C2)C34)C1. The summed E-state index contributed by atoms with van der Waals surface area (Å²) in [6.07, 6.45) is 10.8. The van der Waals surface area contributed by atoms with Crippen LogP contribution >= 0.6 is 0 Å². The van der Waals surface area contributed by atoms with Crippen molar-refractivity contribution in [1.82, 2.24) is 20.1 Å². The number of likely N-dealkylation sites (tertiary alicyclic amines) is 1. The normalized spacial score (nSPS) is 42.4. The zero-order chi connectivity index (χ0) is 26.7. The third-order valence-electron chi connectivity index (χ3n) is 11.8. The van der Waals surface area contributed by atoms with Gasteiger partial charge in [0.25, 0.3) is 0 Å². The van der Waals surface area contributed by atoms with Crippen LogP contribution in [0.4, 0.5) is 4.39 Å². The second-order valence-corrected chi connectivity index (χ2v) is 14.1. The molecule has 7 aliphatic rings. The third kappa shape index (κ3) is 3.06. The maximum Gasteiger partial charge on any atom is 0.108 e. The first-order valence-electron chi connectivity index (χ1n) is 15.4. The van der Waals surface area contributed by atoms with Gasteiger partial charge in [0.15, 0.2) is 0 Å². The molecule has 4 aliphatic carbocycles. The number of aliphatic hydroxyl groups is 1. The third-order valence-corrected chi connectivity index (χ3v) is 11.8. The van der Waals surface area contributed by atoms with E-state index in [4.69, 9.17) is 0 Å². The molecule has 5 nitrogen and oxygen atoms in total. The van der Waals surface area contributed by atoms with Crippen LogP contribution in [0.15, 0.2) is 47.9 Å². The molecular weight excluding hydrogens is 487 g/mol. The molecule has 0 radical (unpaired) electrons. The minimum atomic E-state index is -0.353. The molecule has 5 fully saturated rings. The second kappa shape index (κ2) is 8.20. The predicted molar refractivity (Wildman–Crippen MR) is 153 cm³/mol.